The third kappa shape index (κ3) is 5.40. The van der Waals surface area contributed by atoms with E-state index in [1.807, 2.05) is 0 Å². The molecule has 0 radical (unpaired) electrons. The monoisotopic (exact) mass is 414 g/mol. The Morgan fingerprint density at radius 1 is 1.07 bits per heavy atom. The summed E-state index contributed by atoms with van der Waals surface area (Å²) >= 11 is 0. The number of amides is 2. The fourth-order valence-corrected chi connectivity index (χ4v) is 2.68. The predicted octanol–water partition coefficient (Wildman–Crippen LogP) is 1.77. The van der Waals surface area contributed by atoms with Crippen molar-refractivity contribution < 1.29 is 33.3 Å². The Balaban J connectivity index is 1.47. The zero-order chi connectivity index (χ0) is 21.5. The van der Waals surface area contributed by atoms with Gasteiger partial charge in [0.05, 0.1) is 7.11 Å². The standard InChI is InChI=1S/C21H22N2O7/c1-13(20(25)23-15-6-7-17-18(11-15)29-9-8-28-17)30-19(24)12-22-21(26)14-4-3-5-16(10-14)27-2/h3-7,10-11,13H,8-9,12H2,1-2H3,(H,22,26)(H,23,25)/t13-/m1/s1. The Labute approximate surface area is 173 Å². The number of ether oxygens (including phenoxy) is 4. The number of rotatable bonds is 7. The van der Waals surface area contributed by atoms with E-state index in [0.717, 1.165) is 0 Å². The molecule has 1 aliphatic heterocycles. The zero-order valence-corrected chi connectivity index (χ0v) is 16.6. The number of esters is 1. The minimum Gasteiger partial charge on any atom is -0.497 e. The van der Waals surface area contributed by atoms with Gasteiger partial charge in [-0.1, -0.05) is 6.07 Å². The van der Waals surface area contributed by atoms with Gasteiger partial charge in [-0.3, -0.25) is 14.4 Å². The minimum absolute atomic E-state index is 0.339. The zero-order valence-electron chi connectivity index (χ0n) is 16.6. The molecule has 158 valence electrons. The van der Waals surface area contributed by atoms with Crippen LogP contribution in [-0.2, 0) is 14.3 Å². The van der Waals surface area contributed by atoms with Gasteiger partial charge in [-0.25, -0.2) is 0 Å². The van der Waals surface area contributed by atoms with E-state index < -0.39 is 23.9 Å². The summed E-state index contributed by atoms with van der Waals surface area (Å²) in [4.78, 5) is 36.4. The summed E-state index contributed by atoms with van der Waals surface area (Å²) in [7, 11) is 1.49. The lowest BCUT2D eigenvalue weighted by molar-refractivity contribution is -0.152. The summed E-state index contributed by atoms with van der Waals surface area (Å²) in [5, 5.41) is 5.09. The van der Waals surface area contributed by atoms with Crippen LogP contribution in [0.2, 0.25) is 0 Å². The summed E-state index contributed by atoms with van der Waals surface area (Å²) < 4.78 is 21.0. The lowest BCUT2D eigenvalue weighted by Gasteiger charge is -2.19. The number of hydrogen-bond donors (Lipinski definition) is 2. The SMILES string of the molecule is COc1cccc(C(=O)NCC(=O)O[C@H](C)C(=O)Nc2ccc3c(c2)OCCO3)c1. The molecule has 1 aliphatic rings. The molecule has 0 saturated heterocycles. The molecule has 2 aromatic carbocycles. The number of benzene rings is 2. The average Bonchev–Trinajstić information content (AvgIpc) is 2.77. The fraction of sp³-hybridized carbons (Fsp3) is 0.286. The normalized spacial score (nSPS) is 13.0. The Hall–Kier alpha value is -3.75. The molecule has 9 heteroatoms. The molecule has 1 atom stereocenters. The first-order valence-electron chi connectivity index (χ1n) is 9.28. The van der Waals surface area contributed by atoms with Crippen LogP contribution in [0.3, 0.4) is 0 Å². The summed E-state index contributed by atoms with van der Waals surface area (Å²) in [6, 6.07) is 11.5. The Kier molecular flexibility index (Phi) is 6.74. The van der Waals surface area contributed by atoms with Crippen molar-refractivity contribution in [2.24, 2.45) is 0 Å². The van der Waals surface area contributed by atoms with Crippen LogP contribution < -0.4 is 24.8 Å². The number of carbonyl (C=O) groups is 3. The van der Waals surface area contributed by atoms with E-state index >= 15 is 0 Å². The molecule has 2 N–H and O–H groups in total. The van der Waals surface area contributed by atoms with Crippen LogP contribution in [0.15, 0.2) is 42.5 Å². The first-order chi connectivity index (χ1) is 14.5. The van der Waals surface area contributed by atoms with Crippen molar-refractivity contribution in [1.29, 1.82) is 0 Å². The van der Waals surface area contributed by atoms with E-state index in [1.165, 1.54) is 14.0 Å². The molecular formula is C21H22N2O7. The maximum absolute atomic E-state index is 12.3. The van der Waals surface area contributed by atoms with Gasteiger partial charge < -0.3 is 29.6 Å². The molecule has 0 aromatic heterocycles. The minimum atomic E-state index is -1.06. The second-order valence-electron chi connectivity index (χ2n) is 6.39. The highest BCUT2D eigenvalue weighted by molar-refractivity contribution is 5.97. The third-order valence-electron chi connectivity index (χ3n) is 4.21. The molecule has 0 unspecified atom stereocenters. The van der Waals surface area contributed by atoms with Gasteiger partial charge in [0.15, 0.2) is 17.6 Å². The van der Waals surface area contributed by atoms with E-state index in [0.29, 0.717) is 41.7 Å². The highest BCUT2D eigenvalue weighted by atomic mass is 16.6. The molecule has 2 amide bonds. The Morgan fingerprint density at radius 2 is 1.83 bits per heavy atom. The largest absolute Gasteiger partial charge is 0.497 e. The molecule has 0 fully saturated rings. The van der Waals surface area contributed by atoms with Gasteiger partial charge in [0.25, 0.3) is 11.8 Å². The van der Waals surface area contributed by atoms with Gasteiger partial charge in [-0.15, -0.1) is 0 Å². The molecule has 30 heavy (non-hydrogen) atoms. The number of carbonyl (C=O) groups excluding carboxylic acids is 3. The lowest BCUT2D eigenvalue weighted by Crippen LogP contribution is -2.35. The molecule has 0 saturated carbocycles. The molecule has 0 bridgehead atoms. The highest BCUT2D eigenvalue weighted by Crippen LogP contribution is 2.32. The number of hydrogen-bond acceptors (Lipinski definition) is 7. The van der Waals surface area contributed by atoms with Crippen LogP contribution in [-0.4, -0.2) is 50.8 Å². The number of nitrogens with one attached hydrogen (secondary N) is 2. The second kappa shape index (κ2) is 9.64. The lowest BCUT2D eigenvalue weighted by atomic mass is 10.2. The number of anilines is 1. The van der Waals surface area contributed by atoms with Crippen LogP contribution in [0, 0.1) is 0 Å². The van der Waals surface area contributed by atoms with Gasteiger partial charge in [0, 0.05) is 17.3 Å². The first-order valence-corrected chi connectivity index (χ1v) is 9.28. The van der Waals surface area contributed by atoms with Gasteiger partial charge in [0.1, 0.15) is 25.5 Å². The van der Waals surface area contributed by atoms with Crippen LogP contribution >= 0.6 is 0 Å². The van der Waals surface area contributed by atoms with Crippen LogP contribution in [0.1, 0.15) is 17.3 Å². The Morgan fingerprint density at radius 3 is 2.60 bits per heavy atom. The van der Waals surface area contributed by atoms with E-state index in [9.17, 15) is 14.4 Å². The smallest absolute Gasteiger partial charge is 0.326 e. The molecule has 9 nitrogen and oxygen atoms in total. The van der Waals surface area contributed by atoms with Crippen molar-refractivity contribution in [3.63, 3.8) is 0 Å². The van der Waals surface area contributed by atoms with Gasteiger partial charge >= 0.3 is 5.97 Å². The predicted molar refractivity (Wildman–Crippen MR) is 107 cm³/mol. The van der Waals surface area contributed by atoms with Crippen LogP contribution in [0.5, 0.6) is 17.2 Å². The molecule has 0 aliphatic carbocycles. The van der Waals surface area contributed by atoms with Crippen molar-refractivity contribution >= 4 is 23.5 Å². The fourth-order valence-electron chi connectivity index (χ4n) is 2.68. The average molecular weight is 414 g/mol. The first kappa shape index (κ1) is 21.0. The van der Waals surface area contributed by atoms with E-state index in [4.69, 9.17) is 18.9 Å². The van der Waals surface area contributed by atoms with Crippen LogP contribution in [0.25, 0.3) is 0 Å². The van der Waals surface area contributed by atoms with Crippen molar-refractivity contribution in [2.45, 2.75) is 13.0 Å². The summed E-state index contributed by atoms with van der Waals surface area (Å²) in [5.41, 5.74) is 0.824. The maximum atomic E-state index is 12.3. The molecular weight excluding hydrogens is 392 g/mol. The molecule has 1 heterocycles. The summed E-state index contributed by atoms with van der Waals surface area (Å²) in [5.74, 6) is -0.0569. The molecule has 2 aromatic rings. The van der Waals surface area contributed by atoms with Gasteiger partial charge in [-0.2, -0.15) is 0 Å². The highest BCUT2D eigenvalue weighted by Gasteiger charge is 2.20. The van der Waals surface area contributed by atoms with Gasteiger partial charge in [-0.05, 0) is 37.3 Å². The van der Waals surface area contributed by atoms with E-state index in [-0.39, 0.29) is 6.54 Å². The van der Waals surface area contributed by atoms with E-state index in [2.05, 4.69) is 10.6 Å². The van der Waals surface area contributed by atoms with Crippen molar-refractivity contribution in [2.75, 3.05) is 32.2 Å². The Bertz CT molecular complexity index is 945. The number of fused-ring (bicyclic) bond motifs is 1. The maximum Gasteiger partial charge on any atom is 0.326 e. The summed E-state index contributed by atoms with van der Waals surface area (Å²) in [6.45, 7) is 1.97. The van der Waals surface area contributed by atoms with Crippen LogP contribution in [0.4, 0.5) is 5.69 Å². The topological polar surface area (TPSA) is 112 Å². The van der Waals surface area contributed by atoms with Crippen molar-refractivity contribution in [1.82, 2.24) is 5.32 Å². The van der Waals surface area contributed by atoms with Crippen molar-refractivity contribution in [3.05, 3.63) is 48.0 Å². The second-order valence-corrected chi connectivity index (χ2v) is 6.39. The quantitative estimate of drug-likeness (QED) is 0.664. The molecule has 3 rings (SSSR count). The van der Waals surface area contributed by atoms with Crippen molar-refractivity contribution in [3.8, 4) is 17.2 Å². The number of methoxy groups -OCH3 is 1. The van der Waals surface area contributed by atoms with E-state index in [1.54, 1.807) is 42.5 Å². The molecule has 0 spiro atoms. The van der Waals surface area contributed by atoms with Gasteiger partial charge in [0.2, 0.25) is 0 Å². The third-order valence-corrected chi connectivity index (χ3v) is 4.21. The summed E-state index contributed by atoms with van der Waals surface area (Å²) in [6.07, 6.45) is -1.06.